The van der Waals surface area contributed by atoms with Gasteiger partial charge in [-0.05, 0) is 6.07 Å². The van der Waals surface area contributed by atoms with Crippen LogP contribution >= 0.6 is 0 Å². The number of rotatable bonds is 1. The molecule has 0 aliphatic carbocycles. The number of carbonyl (C=O) groups is 1. The highest BCUT2D eigenvalue weighted by molar-refractivity contribution is 5.93. The van der Waals surface area contributed by atoms with Gasteiger partial charge < -0.3 is 4.57 Å². The van der Waals surface area contributed by atoms with Crippen molar-refractivity contribution >= 4 is 22.9 Å². The fraction of sp³-hybridized carbons (Fsp3) is 0.417. The smallest absolute Gasteiger partial charge is 0.261 e. The van der Waals surface area contributed by atoms with Crippen LogP contribution in [-0.4, -0.2) is 20.4 Å². The van der Waals surface area contributed by atoms with E-state index in [4.69, 9.17) is 0 Å². The molecule has 18 heavy (non-hydrogen) atoms. The van der Waals surface area contributed by atoms with Crippen LogP contribution in [0.1, 0.15) is 20.8 Å². The molecule has 0 saturated carbocycles. The number of hydrogen-bond acceptors (Lipinski definition) is 3. The van der Waals surface area contributed by atoms with Crippen LogP contribution in [0.3, 0.4) is 0 Å². The fourth-order valence-electron chi connectivity index (χ4n) is 1.50. The molecule has 6 heteroatoms. The zero-order chi connectivity index (χ0) is 13.5. The summed E-state index contributed by atoms with van der Waals surface area (Å²) in [6.07, 6.45) is 1.75. The van der Waals surface area contributed by atoms with Crippen molar-refractivity contribution in [1.82, 2.24) is 14.5 Å². The molecule has 0 unspecified atom stereocenters. The van der Waals surface area contributed by atoms with Gasteiger partial charge in [-0.2, -0.15) is 4.98 Å². The molecule has 0 radical (unpaired) electrons. The lowest BCUT2D eigenvalue weighted by atomic mass is 9.96. The number of hydrogen-bond donors (Lipinski definition) is 2. The van der Waals surface area contributed by atoms with Gasteiger partial charge in [0.1, 0.15) is 5.65 Å². The monoisotopic (exact) mass is 248 g/mol. The predicted octanol–water partition coefficient (Wildman–Crippen LogP) is 1.25. The van der Waals surface area contributed by atoms with E-state index in [1.807, 2.05) is 0 Å². The van der Waals surface area contributed by atoms with Crippen molar-refractivity contribution in [3.63, 3.8) is 0 Å². The number of nitrogens with one attached hydrogen (secondary N) is 2. The molecular formula is C12H16N4O2. The van der Waals surface area contributed by atoms with Crippen LogP contribution in [0.2, 0.25) is 0 Å². The Balaban J connectivity index is 2.44. The summed E-state index contributed by atoms with van der Waals surface area (Å²) < 4.78 is 1.73. The Morgan fingerprint density at radius 3 is 2.72 bits per heavy atom. The molecule has 0 aliphatic heterocycles. The number of anilines is 1. The minimum Gasteiger partial charge on any atom is -0.335 e. The summed E-state index contributed by atoms with van der Waals surface area (Å²) in [6, 6.07) is 1.69. The predicted molar refractivity (Wildman–Crippen MR) is 69.4 cm³/mol. The summed E-state index contributed by atoms with van der Waals surface area (Å²) in [7, 11) is 1.80. The molecule has 2 N–H and O–H groups in total. The standard InChI is InChI=1S/C12H16N4O2/c1-12(2,3)10(18)15-11-13-8-7(9(17)14-11)5-6-16(8)4/h5-6H,1-4H3,(H2,13,14,15,17,18). The zero-order valence-corrected chi connectivity index (χ0v) is 10.9. The van der Waals surface area contributed by atoms with Crippen molar-refractivity contribution in [2.24, 2.45) is 12.5 Å². The van der Waals surface area contributed by atoms with Crippen LogP contribution in [0.4, 0.5) is 5.95 Å². The molecule has 0 fully saturated rings. The molecule has 2 rings (SSSR count). The van der Waals surface area contributed by atoms with E-state index in [1.165, 1.54) is 0 Å². The molecule has 0 saturated heterocycles. The molecule has 2 heterocycles. The molecule has 0 bridgehead atoms. The maximum Gasteiger partial charge on any atom is 0.261 e. The van der Waals surface area contributed by atoms with Gasteiger partial charge in [0.15, 0.2) is 0 Å². The Kier molecular flexibility index (Phi) is 2.73. The van der Waals surface area contributed by atoms with Gasteiger partial charge in [0.2, 0.25) is 11.9 Å². The number of aryl methyl sites for hydroxylation is 1. The first-order valence-corrected chi connectivity index (χ1v) is 5.66. The summed E-state index contributed by atoms with van der Waals surface area (Å²) in [6.45, 7) is 5.38. The normalized spacial score (nSPS) is 11.8. The summed E-state index contributed by atoms with van der Waals surface area (Å²) in [5, 5.41) is 3.12. The highest BCUT2D eigenvalue weighted by atomic mass is 16.2. The van der Waals surface area contributed by atoms with Gasteiger partial charge in [0.05, 0.1) is 5.39 Å². The van der Waals surface area contributed by atoms with Crippen molar-refractivity contribution in [2.45, 2.75) is 20.8 Å². The number of aromatic nitrogens is 3. The molecular weight excluding hydrogens is 232 g/mol. The average molecular weight is 248 g/mol. The number of carbonyl (C=O) groups excluding carboxylic acids is 1. The molecule has 96 valence electrons. The minimum atomic E-state index is -0.540. The van der Waals surface area contributed by atoms with Gasteiger partial charge in [-0.15, -0.1) is 0 Å². The van der Waals surface area contributed by atoms with Gasteiger partial charge in [-0.3, -0.25) is 19.9 Å². The minimum absolute atomic E-state index is 0.175. The van der Waals surface area contributed by atoms with Gasteiger partial charge in [0, 0.05) is 18.7 Å². The van der Waals surface area contributed by atoms with Crippen molar-refractivity contribution in [3.05, 3.63) is 22.6 Å². The van der Waals surface area contributed by atoms with E-state index in [2.05, 4.69) is 15.3 Å². The van der Waals surface area contributed by atoms with Crippen molar-refractivity contribution in [1.29, 1.82) is 0 Å². The van der Waals surface area contributed by atoms with Gasteiger partial charge in [-0.1, -0.05) is 20.8 Å². The van der Waals surface area contributed by atoms with E-state index in [9.17, 15) is 9.59 Å². The van der Waals surface area contributed by atoms with Crippen LogP contribution in [0.25, 0.3) is 11.0 Å². The lowest BCUT2D eigenvalue weighted by molar-refractivity contribution is -0.123. The Hall–Kier alpha value is -2.11. The number of fused-ring (bicyclic) bond motifs is 1. The van der Waals surface area contributed by atoms with Crippen LogP contribution in [0.15, 0.2) is 17.1 Å². The van der Waals surface area contributed by atoms with Crippen molar-refractivity contribution in [2.75, 3.05) is 5.32 Å². The van der Waals surface area contributed by atoms with Crippen LogP contribution in [0, 0.1) is 5.41 Å². The largest absolute Gasteiger partial charge is 0.335 e. The zero-order valence-electron chi connectivity index (χ0n) is 10.9. The first kappa shape index (κ1) is 12.3. The molecule has 0 aliphatic rings. The third-order valence-electron chi connectivity index (χ3n) is 2.65. The second kappa shape index (κ2) is 3.97. The highest BCUT2D eigenvalue weighted by Crippen LogP contribution is 2.16. The third kappa shape index (κ3) is 2.13. The molecule has 0 atom stereocenters. The Morgan fingerprint density at radius 2 is 2.11 bits per heavy atom. The van der Waals surface area contributed by atoms with Crippen LogP contribution in [0.5, 0.6) is 0 Å². The maximum absolute atomic E-state index is 11.8. The lowest BCUT2D eigenvalue weighted by Gasteiger charge is -2.16. The molecule has 0 aromatic carbocycles. The number of H-pyrrole nitrogens is 1. The number of amides is 1. The number of nitrogens with zero attached hydrogens (tertiary/aromatic N) is 2. The van der Waals surface area contributed by atoms with E-state index < -0.39 is 5.41 Å². The summed E-state index contributed by atoms with van der Waals surface area (Å²) in [5.41, 5.74) is -0.255. The second-order valence-electron chi connectivity index (χ2n) is 5.28. The Morgan fingerprint density at radius 1 is 1.44 bits per heavy atom. The van der Waals surface area contributed by atoms with E-state index in [-0.39, 0.29) is 17.4 Å². The molecule has 6 nitrogen and oxygen atoms in total. The quantitative estimate of drug-likeness (QED) is 0.797. The lowest BCUT2D eigenvalue weighted by Crippen LogP contribution is -2.29. The first-order valence-electron chi connectivity index (χ1n) is 5.66. The summed E-state index contributed by atoms with van der Waals surface area (Å²) in [4.78, 5) is 30.4. The van der Waals surface area contributed by atoms with Crippen molar-refractivity contribution < 1.29 is 4.79 Å². The van der Waals surface area contributed by atoms with Gasteiger partial charge in [-0.25, -0.2) is 0 Å². The van der Waals surface area contributed by atoms with E-state index in [0.29, 0.717) is 11.0 Å². The van der Waals surface area contributed by atoms with E-state index >= 15 is 0 Å². The van der Waals surface area contributed by atoms with Crippen LogP contribution in [-0.2, 0) is 11.8 Å². The molecule has 2 aromatic rings. The second-order valence-corrected chi connectivity index (χ2v) is 5.28. The Bertz CT molecular complexity index is 661. The van der Waals surface area contributed by atoms with Gasteiger partial charge in [0.25, 0.3) is 5.56 Å². The average Bonchev–Trinajstić information content (AvgIpc) is 2.60. The van der Waals surface area contributed by atoms with E-state index in [1.54, 1.807) is 44.6 Å². The van der Waals surface area contributed by atoms with Crippen LogP contribution < -0.4 is 10.9 Å². The van der Waals surface area contributed by atoms with Crippen molar-refractivity contribution in [3.8, 4) is 0 Å². The highest BCUT2D eigenvalue weighted by Gasteiger charge is 2.22. The Labute approximate surface area is 104 Å². The van der Waals surface area contributed by atoms with Gasteiger partial charge >= 0.3 is 0 Å². The molecule has 1 amide bonds. The maximum atomic E-state index is 11.8. The number of aromatic amines is 1. The third-order valence-corrected chi connectivity index (χ3v) is 2.65. The summed E-state index contributed by atoms with van der Waals surface area (Å²) >= 11 is 0. The molecule has 0 spiro atoms. The first-order chi connectivity index (χ1) is 8.29. The topological polar surface area (TPSA) is 79.8 Å². The summed E-state index contributed by atoms with van der Waals surface area (Å²) in [5.74, 6) is -0.0200. The molecule has 2 aromatic heterocycles. The van der Waals surface area contributed by atoms with E-state index in [0.717, 1.165) is 0 Å². The fourth-order valence-corrected chi connectivity index (χ4v) is 1.50. The SMILES string of the molecule is Cn1ccc2c(=O)[nH]c(NC(=O)C(C)(C)C)nc21.